The molecule has 1 aliphatic carbocycles. The molecular weight excluding hydrogens is 260 g/mol. The van der Waals surface area contributed by atoms with Crippen molar-refractivity contribution in [2.45, 2.75) is 25.2 Å². The van der Waals surface area contributed by atoms with Crippen molar-refractivity contribution in [2.75, 3.05) is 13.1 Å². The first-order chi connectivity index (χ1) is 9.58. The molecule has 1 aromatic rings. The van der Waals surface area contributed by atoms with E-state index in [4.69, 9.17) is 5.11 Å². The van der Waals surface area contributed by atoms with E-state index in [1.807, 2.05) is 11.6 Å². The number of aryl methyl sites for hydroxylation is 1. The second-order valence-corrected chi connectivity index (χ2v) is 5.69. The Kier molecular flexibility index (Phi) is 3.19. The van der Waals surface area contributed by atoms with Crippen LogP contribution in [0.3, 0.4) is 0 Å². The lowest BCUT2D eigenvalue weighted by atomic mass is 9.95. The van der Waals surface area contributed by atoms with Gasteiger partial charge >= 0.3 is 5.97 Å². The average Bonchev–Trinajstić information content (AvgIpc) is 3.14. The van der Waals surface area contributed by atoms with Gasteiger partial charge in [0.2, 0.25) is 5.91 Å². The van der Waals surface area contributed by atoms with Gasteiger partial charge in [-0.15, -0.1) is 10.2 Å². The van der Waals surface area contributed by atoms with Gasteiger partial charge in [0.25, 0.3) is 0 Å². The predicted molar refractivity (Wildman–Crippen MR) is 68.8 cm³/mol. The summed E-state index contributed by atoms with van der Waals surface area (Å²) in [6, 6.07) is 0. The number of aliphatic carboxylic acids is 1. The minimum Gasteiger partial charge on any atom is -0.481 e. The number of rotatable bonds is 3. The van der Waals surface area contributed by atoms with E-state index in [2.05, 4.69) is 10.2 Å². The number of hydrogen-bond donors (Lipinski definition) is 1. The van der Waals surface area contributed by atoms with Crippen LogP contribution in [0.2, 0.25) is 0 Å². The van der Waals surface area contributed by atoms with Crippen molar-refractivity contribution in [1.82, 2.24) is 19.7 Å². The van der Waals surface area contributed by atoms with E-state index in [1.54, 1.807) is 11.2 Å². The van der Waals surface area contributed by atoms with Gasteiger partial charge in [-0.25, -0.2) is 0 Å². The monoisotopic (exact) mass is 278 g/mol. The first kappa shape index (κ1) is 13.1. The van der Waals surface area contributed by atoms with Crippen LogP contribution in [0.25, 0.3) is 0 Å². The highest BCUT2D eigenvalue weighted by Gasteiger charge is 2.50. The zero-order valence-corrected chi connectivity index (χ0v) is 11.4. The molecule has 3 rings (SSSR count). The number of amides is 1. The highest BCUT2D eigenvalue weighted by atomic mass is 16.4. The predicted octanol–water partition coefficient (Wildman–Crippen LogP) is 0.242. The summed E-state index contributed by atoms with van der Waals surface area (Å²) in [7, 11) is 1.93. The quantitative estimate of drug-likeness (QED) is 0.855. The third-order valence-electron chi connectivity index (χ3n) is 4.34. The van der Waals surface area contributed by atoms with Crippen LogP contribution in [0.1, 0.15) is 31.0 Å². The largest absolute Gasteiger partial charge is 0.481 e. The van der Waals surface area contributed by atoms with Gasteiger partial charge in [0.1, 0.15) is 12.2 Å². The molecule has 7 nitrogen and oxygen atoms in total. The zero-order chi connectivity index (χ0) is 14.3. The topological polar surface area (TPSA) is 88.3 Å². The minimum absolute atomic E-state index is 0.00816. The maximum atomic E-state index is 12.2. The maximum Gasteiger partial charge on any atom is 0.307 e. The van der Waals surface area contributed by atoms with E-state index < -0.39 is 11.9 Å². The summed E-state index contributed by atoms with van der Waals surface area (Å²) in [5.74, 6) is -0.295. The lowest BCUT2D eigenvalue weighted by molar-refractivity contribution is -0.142. The van der Waals surface area contributed by atoms with Gasteiger partial charge in [0.15, 0.2) is 0 Å². The van der Waals surface area contributed by atoms with E-state index in [1.165, 1.54) is 0 Å². The van der Waals surface area contributed by atoms with Crippen LogP contribution in [0, 0.1) is 11.8 Å². The number of nitrogens with zero attached hydrogens (tertiary/aromatic N) is 4. The van der Waals surface area contributed by atoms with Crippen molar-refractivity contribution in [3.8, 4) is 0 Å². The molecule has 1 saturated carbocycles. The molecule has 20 heavy (non-hydrogen) atoms. The Morgan fingerprint density at radius 1 is 1.30 bits per heavy atom. The Balaban J connectivity index is 1.55. The molecule has 0 bridgehead atoms. The van der Waals surface area contributed by atoms with Crippen LogP contribution >= 0.6 is 0 Å². The molecule has 0 aromatic carbocycles. The third kappa shape index (κ3) is 2.28. The highest BCUT2D eigenvalue weighted by Crippen LogP contribution is 2.41. The van der Waals surface area contributed by atoms with Crippen molar-refractivity contribution in [3.05, 3.63) is 12.2 Å². The fourth-order valence-electron chi connectivity index (χ4n) is 3.00. The molecule has 2 aliphatic rings. The summed E-state index contributed by atoms with van der Waals surface area (Å²) < 4.78 is 1.92. The molecule has 0 spiro atoms. The number of carboxylic acid groups (broad SMARTS) is 1. The Bertz CT molecular complexity index is 533. The Morgan fingerprint density at radius 3 is 2.50 bits per heavy atom. The minimum atomic E-state index is -0.850. The zero-order valence-electron chi connectivity index (χ0n) is 11.4. The molecular formula is C13H18N4O3. The number of hydrogen-bond acceptors (Lipinski definition) is 4. The van der Waals surface area contributed by atoms with Crippen molar-refractivity contribution >= 4 is 11.9 Å². The van der Waals surface area contributed by atoms with Crippen molar-refractivity contribution in [3.63, 3.8) is 0 Å². The van der Waals surface area contributed by atoms with Gasteiger partial charge in [-0.05, 0) is 19.3 Å². The summed E-state index contributed by atoms with van der Waals surface area (Å²) in [4.78, 5) is 24.8. The second kappa shape index (κ2) is 4.88. The number of carbonyl (C=O) groups is 2. The normalized spacial score (nSPS) is 26.6. The van der Waals surface area contributed by atoms with Crippen molar-refractivity contribution in [2.24, 2.45) is 18.9 Å². The maximum absolute atomic E-state index is 12.2. The van der Waals surface area contributed by atoms with Crippen LogP contribution < -0.4 is 0 Å². The first-order valence-corrected chi connectivity index (χ1v) is 6.93. The third-order valence-corrected chi connectivity index (χ3v) is 4.34. The summed E-state index contributed by atoms with van der Waals surface area (Å²) in [6.45, 7) is 1.36. The van der Waals surface area contributed by atoms with Crippen LogP contribution in [0.5, 0.6) is 0 Å². The van der Waals surface area contributed by atoms with Crippen LogP contribution in [-0.2, 0) is 16.6 Å². The lowest BCUT2D eigenvalue weighted by Gasteiger charge is -2.31. The number of carboxylic acids is 1. The molecule has 1 aromatic heterocycles. The van der Waals surface area contributed by atoms with Crippen LogP contribution in [-0.4, -0.2) is 49.7 Å². The van der Waals surface area contributed by atoms with Crippen molar-refractivity contribution < 1.29 is 14.7 Å². The smallest absolute Gasteiger partial charge is 0.307 e. The van der Waals surface area contributed by atoms with E-state index in [9.17, 15) is 9.59 Å². The fraction of sp³-hybridized carbons (Fsp3) is 0.692. The van der Waals surface area contributed by atoms with Gasteiger partial charge in [0.05, 0.1) is 11.8 Å². The Morgan fingerprint density at radius 2 is 2.00 bits per heavy atom. The van der Waals surface area contributed by atoms with E-state index in [0.717, 1.165) is 18.7 Å². The Hall–Kier alpha value is -1.92. The summed E-state index contributed by atoms with van der Waals surface area (Å²) >= 11 is 0. The highest BCUT2D eigenvalue weighted by molar-refractivity contribution is 5.89. The van der Waals surface area contributed by atoms with Gasteiger partial charge < -0.3 is 14.6 Å². The average molecular weight is 278 g/mol. The SMILES string of the molecule is Cn1cnnc1C1CCN(C(=O)C2CC2C(=O)O)CC1. The van der Waals surface area contributed by atoms with E-state index >= 15 is 0 Å². The van der Waals surface area contributed by atoms with Crippen LogP contribution in [0.15, 0.2) is 6.33 Å². The summed E-state index contributed by atoms with van der Waals surface area (Å²) in [5, 5.41) is 16.9. The van der Waals surface area contributed by atoms with Crippen molar-refractivity contribution in [1.29, 1.82) is 0 Å². The van der Waals surface area contributed by atoms with Gasteiger partial charge in [-0.2, -0.15) is 0 Å². The van der Waals surface area contributed by atoms with Gasteiger partial charge in [0, 0.05) is 26.1 Å². The van der Waals surface area contributed by atoms with Gasteiger partial charge in [-0.1, -0.05) is 0 Å². The molecule has 2 atom stereocenters. The fourth-order valence-corrected chi connectivity index (χ4v) is 3.00. The molecule has 0 radical (unpaired) electrons. The molecule has 108 valence electrons. The molecule has 7 heteroatoms. The number of carbonyl (C=O) groups excluding carboxylic acids is 1. The molecule has 1 aliphatic heterocycles. The summed E-state index contributed by atoms with van der Waals surface area (Å²) in [6.07, 6.45) is 3.91. The molecule has 2 fully saturated rings. The molecule has 2 unspecified atom stereocenters. The second-order valence-electron chi connectivity index (χ2n) is 5.69. The summed E-state index contributed by atoms with van der Waals surface area (Å²) in [5.41, 5.74) is 0. The molecule has 1 amide bonds. The van der Waals surface area contributed by atoms with Crippen LogP contribution in [0.4, 0.5) is 0 Å². The molecule has 2 heterocycles. The Labute approximate surface area is 116 Å². The van der Waals surface area contributed by atoms with E-state index in [-0.39, 0.29) is 11.8 Å². The number of likely N-dealkylation sites (tertiary alicyclic amines) is 1. The number of aromatic nitrogens is 3. The molecule has 1 saturated heterocycles. The molecule has 1 N–H and O–H groups in total. The first-order valence-electron chi connectivity index (χ1n) is 6.93. The standard InChI is InChI=1S/C13H18N4O3/c1-16-7-14-15-11(16)8-2-4-17(5-3-8)12(18)9-6-10(9)13(19)20/h7-10H,2-6H2,1H3,(H,19,20). The lowest BCUT2D eigenvalue weighted by Crippen LogP contribution is -2.39. The van der Waals surface area contributed by atoms with E-state index in [0.29, 0.717) is 25.4 Å². The number of piperidine rings is 1. The van der Waals surface area contributed by atoms with Gasteiger partial charge in [-0.3, -0.25) is 9.59 Å².